The van der Waals surface area contributed by atoms with Gasteiger partial charge in [-0.1, -0.05) is 69.1 Å². The zero-order chi connectivity index (χ0) is 28.4. The van der Waals surface area contributed by atoms with E-state index < -0.39 is 53.8 Å². The van der Waals surface area contributed by atoms with Crippen LogP contribution >= 0.6 is 23.2 Å². The average molecular weight is 573 g/mol. The lowest BCUT2D eigenvalue weighted by Gasteiger charge is -2.41. The van der Waals surface area contributed by atoms with E-state index in [0.717, 1.165) is 6.07 Å². The summed E-state index contributed by atoms with van der Waals surface area (Å²) < 4.78 is 31.2. The third-order valence-corrected chi connectivity index (χ3v) is 8.61. The molecule has 1 amide bonds. The standard InChI is InChI=1S/C28H37Cl2F2N3O3/c1-15(2)27(3,4)13-22-28(33,19-9-8-16(29)12-21(19)31)23(18-6-5-7-20(30)24(18)32)25(35-22)26(38)34-11-10-17(37)14-36/h5-9,12,15,17,22-23,25,35-37H,10-11,13-14,33H2,1-4H3,(H,34,38)/t17-,22?,23-,25+,28+/m0/s1. The van der Waals surface area contributed by atoms with Crippen molar-refractivity contribution in [2.75, 3.05) is 13.2 Å². The number of amides is 1. The van der Waals surface area contributed by atoms with Crippen LogP contribution in [0, 0.1) is 23.0 Å². The highest BCUT2D eigenvalue weighted by Crippen LogP contribution is 2.50. The summed E-state index contributed by atoms with van der Waals surface area (Å²) in [6.45, 7) is 7.90. The van der Waals surface area contributed by atoms with Crippen LogP contribution in [0.5, 0.6) is 0 Å². The number of nitrogens with two attached hydrogens (primary N) is 1. The van der Waals surface area contributed by atoms with Crippen molar-refractivity contribution in [3.63, 3.8) is 0 Å². The van der Waals surface area contributed by atoms with Gasteiger partial charge in [0.15, 0.2) is 0 Å². The summed E-state index contributed by atoms with van der Waals surface area (Å²) in [7, 11) is 0. The zero-order valence-electron chi connectivity index (χ0n) is 22.1. The van der Waals surface area contributed by atoms with Gasteiger partial charge in [0.05, 0.1) is 29.3 Å². The van der Waals surface area contributed by atoms with Crippen molar-refractivity contribution >= 4 is 29.1 Å². The van der Waals surface area contributed by atoms with Crippen LogP contribution in [0.2, 0.25) is 10.0 Å². The zero-order valence-corrected chi connectivity index (χ0v) is 23.6. The first kappa shape index (κ1) is 30.7. The lowest BCUT2D eigenvalue weighted by atomic mass is 9.66. The Morgan fingerprint density at radius 3 is 2.53 bits per heavy atom. The van der Waals surface area contributed by atoms with Crippen LogP contribution in [0.3, 0.4) is 0 Å². The Morgan fingerprint density at radius 1 is 1.24 bits per heavy atom. The molecule has 1 heterocycles. The molecule has 1 aliphatic heterocycles. The highest BCUT2D eigenvalue weighted by molar-refractivity contribution is 6.31. The van der Waals surface area contributed by atoms with E-state index in [4.69, 9.17) is 34.0 Å². The molecule has 0 aliphatic carbocycles. The van der Waals surface area contributed by atoms with Gasteiger partial charge in [0, 0.05) is 29.1 Å². The molecular weight excluding hydrogens is 535 g/mol. The molecule has 0 aromatic heterocycles. The fraction of sp³-hybridized carbons (Fsp3) is 0.536. The van der Waals surface area contributed by atoms with Gasteiger partial charge >= 0.3 is 0 Å². The summed E-state index contributed by atoms with van der Waals surface area (Å²) in [6, 6.07) is 6.95. The van der Waals surface area contributed by atoms with E-state index in [0.29, 0.717) is 6.42 Å². The predicted molar refractivity (Wildman–Crippen MR) is 146 cm³/mol. The molecule has 0 radical (unpaired) electrons. The largest absolute Gasteiger partial charge is 0.394 e. The van der Waals surface area contributed by atoms with E-state index in [1.807, 2.05) is 0 Å². The summed E-state index contributed by atoms with van der Waals surface area (Å²) >= 11 is 12.2. The fourth-order valence-corrected chi connectivity index (χ4v) is 5.46. The van der Waals surface area contributed by atoms with E-state index >= 15 is 8.78 Å². The molecule has 1 saturated heterocycles. The molecule has 2 aromatic rings. The highest BCUT2D eigenvalue weighted by Gasteiger charge is 2.58. The van der Waals surface area contributed by atoms with Crippen molar-refractivity contribution in [2.24, 2.45) is 17.1 Å². The van der Waals surface area contributed by atoms with E-state index in [-0.39, 0.29) is 45.5 Å². The summed E-state index contributed by atoms with van der Waals surface area (Å²) in [6.07, 6.45) is -0.423. The fourth-order valence-electron chi connectivity index (χ4n) is 5.12. The number of benzene rings is 2. The second-order valence-corrected chi connectivity index (χ2v) is 12.0. The van der Waals surface area contributed by atoms with Gasteiger partial charge < -0.3 is 26.6 Å². The van der Waals surface area contributed by atoms with Crippen molar-refractivity contribution in [2.45, 2.75) is 70.2 Å². The average Bonchev–Trinajstić information content (AvgIpc) is 3.12. The molecule has 38 heavy (non-hydrogen) atoms. The summed E-state index contributed by atoms with van der Waals surface area (Å²) in [5.41, 5.74) is 5.54. The molecule has 5 atom stereocenters. The van der Waals surface area contributed by atoms with Gasteiger partial charge in [-0.3, -0.25) is 4.79 Å². The lowest BCUT2D eigenvalue weighted by molar-refractivity contribution is -0.123. The maximum Gasteiger partial charge on any atom is 0.237 e. The van der Waals surface area contributed by atoms with Gasteiger partial charge in [-0.25, -0.2) is 8.78 Å². The molecular formula is C28H37Cl2F2N3O3. The second-order valence-electron chi connectivity index (χ2n) is 11.1. The molecule has 3 rings (SSSR count). The quantitative estimate of drug-likeness (QED) is 0.289. The van der Waals surface area contributed by atoms with E-state index in [2.05, 4.69) is 38.3 Å². The third-order valence-electron chi connectivity index (χ3n) is 8.08. The van der Waals surface area contributed by atoms with Crippen LogP contribution in [0.4, 0.5) is 8.78 Å². The van der Waals surface area contributed by atoms with Crippen molar-refractivity contribution < 1.29 is 23.8 Å². The summed E-state index contributed by atoms with van der Waals surface area (Å²) in [5.74, 6) is -2.71. The Bertz CT molecular complexity index is 1150. The van der Waals surface area contributed by atoms with Crippen LogP contribution in [0.1, 0.15) is 57.6 Å². The summed E-state index contributed by atoms with van der Waals surface area (Å²) in [5, 5.41) is 24.9. The second kappa shape index (κ2) is 12.1. The Hall–Kier alpha value is -1.81. The van der Waals surface area contributed by atoms with Gasteiger partial charge in [-0.15, -0.1) is 0 Å². The van der Waals surface area contributed by atoms with Crippen LogP contribution in [0.25, 0.3) is 0 Å². The van der Waals surface area contributed by atoms with Gasteiger partial charge in [-0.05, 0) is 47.9 Å². The lowest BCUT2D eigenvalue weighted by Crippen LogP contribution is -2.53. The third kappa shape index (κ3) is 6.16. The molecule has 1 fully saturated rings. The molecule has 0 saturated carbocycles. The Kier molecular flexibility index (Phi) is 9.82. The minimum Gasteiger partial charge on any atom is -0.394 e. The van der Waals surface area contributed by atoms with Gasteiger partial charge in [0.25, 0.3) is 0 Å². The number of aliphatic hydroxyl groups excluding tert-OH is 2. The number of nitrogens with one attached hydrogen (secondary N) is 2. The number of halogens is 4. The molecule has 0 bridgehead atoms. The normalized spacial score (nSPS) is 24.6. The van der Waals surface area contributed by atoms with Crippen LogP contribution < -0.4 is 16.4 Å². The molecule has 1 unspecified atom stereocenters. The SMILES string of the molecule is CC(C)C(C)(C)CC1N[C@@H](C(=O)NCC[C@H](O)CO)[C@H](c2cccc(Cl)c2F)[C@@]1(N)c1ccc(Cl)cc1F. The topological polar surface area (TPSA) is 108 Å². The van der Waals surface area contributed by atoms with E-state index in [1.165, 1.54) is 24.3 Å². The monoisotopic (exact) mass is 571 g/mol. The first-order valence-electron chi connectivity index (χ1n) is 12.7. The molecule has 10 heteroatoms. The minimum absolute atomic E-state index is 0.0680. The van der Waals surface area contributed by atoms with Gasteiger partial charge in [-0.2, -0.15) is 0 Å². The molecule has 2 aromatic carbocycles. The highest BCUT2D eigenvalue weighted by atomic mass is 35.5. The molecule has 210 valence electrons. The van der Waals surface area contributed by atoms with Crippen LogP contribution in [-0.4, -0.2) is 47.5 Å². The Balaban J connectivity index is 2.20. The van der Waals surface area contributed by atoms with Crippen LogP contribution in [0.15, 0.2) is 36.4 Å². The molecule has 6 N–H and O–H groups in total. The van der Waals surface area contributed by atoms with E-state index in [1.54, 1.807) is 6.07 Å². The molecule has 1 aliphatic rings. The molecule has 0 spiro atoms. The predicted octanol–water partition coefficient (Wildman–Crippen LogP) is 4.48. The first-order valence-corrected chi connectivity index (χ1v) is 13.5. The van der Waals surface area contributed by atoms with Crippen molar-refractivity contribution in [1.82, 2.24) is 10.6 Å². The van der Waals surface area contributed by atoms with Crippen molar-refractivity contribution in [3.05, 3.63) is 69.2 Å². The van der Waals surface area contributed by atoms with Gasteiger partial charge in [0.2, 0.25) is 5.91 Å². The smallest absolute Gasteiger partial charge is 0.237 e. The first-order chi connectivity index (χ1) is 17.7. The van der Waals surface area contributed by atoms with Crippen molar-refractivity contribution in [1.29, 1.82) is 0 Å². The molecule has 6 nitrogen and oxygen atoms in total. The number of rotatable bonds is 10. The minimum atomic E-state index is -1.57. The van der Waals surface area contributed by atoms with Crippen molar-refractivity contribution in [3.8, 4) is 0 Å². The summed E-state index contributed by atoms with van der Waals surface area (Å²) in [4.78, 5) is 13.6. The number of carbonyl (C=O) groups excluding carboxylic acids is 1. The van der Waals surface area contributed by atoms with Crippen LogP contribution in [-0.2, 0) is 10.3 Å². The van der Waals surface area contributed by atoms with Gasteiger partial charge in [0.1, 0.15) is 11.6 Å². The Morgan fingerprint density at radius 2 is 1.92 bits per heavy atom. The number of hydrogen-bond acceptors (Lipinski definition) is 5. The number of carbonyl (C=O) groups is 1. The maximum atomic E-state index is 15.6. The number of hydrogen-bond donors (Lipinski definition) is 5. The van der Waals surface area contributed by atoms with E-state index in [9.17, 15) is 9.90 Å². The maximum absolute atomic E-state index is 15.6. The number of aliphatic hydroxyl groups is 2. The Labute approximate surface area is 232 Å².